The molecule has 12 heteroatoms. The van der Waals surface area contributed by atoms with Crippen molar-refractivity contribution in [3.63, 3.8) is 0 Å². The van der Waals surface area contributed by atoms with Gasteiger partial charge < -0.3 is 33.7 Å². The zero-order chi connectivity index (χ0) is 12.3. The highest BCUT2D eigenvalue weighted by Gasteiger charge is 2.22. The van der Waals surface area contributed by atoms with E-state index in [1.54, 1.807) is 0 Å². The Bertz CT molecular complexity index is 311. The Morgan fingerprint density at radius 1 is 1.27 bits per heavy atom. The molecular weight excluding hydrogens is 258 g/mol. The molecule has 0 bridgehead atoms. The van der Waals surface area contributed by atoms with Crippen molar-refractivity contribution >= 4 is 21.6 Å². The second kappa shape index (κ2) is 5.15. The predicted octanol–water partition coefficient (Wildman–Crippen LogP) is -3.17. The van der Waals surface area contributed by atoms with Crippen LogP contribution in [0.3, 0.4) is 0 Å². The molecular formula is C3H6O10P2-2. The maximum atomic E-state index is 10.5. The summed E-state index contributed by atoms with van der Waals surface area (Å²) in [6.07, 6.45) is -2.28. The average Bonchev–Trinajstić information content (AvgIpc) is 1.95. The van der Waals surface area contributed by atoms with Crippen molar-refractivity contribution in [1.29, 1.82) is 0 Å². The van der Waals surface area contributed by atoms with Gasteiger partial charge in [0.05, 0.1) is 6.61 Å². The van der Waals surface area contributed by atoms with E-state index < -0.39 is 34.3 Å². The lowest BCUT2D eigenvalue weighted by molar-refractivity contribution is -0.223. The van der Waals surface area contributed by atoms with Crippen molar-refractivity contribution in [3.8, 4) is 0 Å². The molecule has 0 aliphatic heterocycles. The van der Waals surface area contributed by atoms with Crippen molar-refractivity contribution in [2.24, 2.45) is 0 Å². The topological polar surface area (TPSA) is 176 Å². The van der Waals surface area contributed by atoms with E-state index >= 15 is 0 Å². The Morgan fingerprint density at radius 2 is 1.73 bits per heavy atom. The lowest BCUT2D eigenvalue weighted by Crippen LogP contribution is -2.28. The summed E-state index contributed by atoms with van der Waals surface area (Å²) in [7, 11) is -10.5. The van der Waals surface area contributed by atoms with E-state index in [9.17, 15) is 23.7 Å². The fraction of sp³-hybridized carbons (Fsp3) is 0.667. The number of carbonyl (C=O) groups excluding carboxylic acids is 1. The second-order valence-corrected chi connectivity index (χ2v) is 4.47. The summed E-state index contributed by atoms with van der Waals surface area (Å²) in [5.41, 5.74) is 0. The third-order valence-corrected chi connectivity index (χ3v) is 1.76. The fourth-order valence-corrected chi connectivity index (χ4v) is 1.09. The highest BCUT2D eigenvalue weighted by atomic mass is 31.2. The molecule has 3 atom stereocenters. The molecule has 0 spiro atoms. The van der Waals surface area contributed by atoms with Gasteiger partial charge in [0.1, 0.15) is 0 Å². The van der Waals surface area contributed by atoms with Crippen LogP contribution < -0.4 is 9.79 Å². The molecule has 0 rings (SSSR count). The molecule has 15 heavy (non-hydrogen) atoms. The number of phosphoric acid groups is 2. The van der Waals surface area contributed by atoms with Crippen LogP contribution in [0.1, 0.15) is 0 Å². The highest BCUT2D eigenvalue weighted by Crippen LogP contribution is 2.32. The first kappa shape index (κ1) is 14.7. The second-order valence-electron chi connectivity index (χ2n) is 2.16. The number of phosphoric ester groups is 2. The van der Waals surface area contributed by atoms with Crippen molar-refractivity contribution in [1.82, 2.24) is 0 Å². The van der Waals surface area contributed by atoms with Crippen LogP contribution in [0.25, 0.3) is 0 Å². The zero-order valence-corrected chi connectivity index (χ0v) is 8.67. The van der Waals surface area contributed by atoms with Crippen LogP contribution in [0, 0.1) is 0 Å². The van der Waals surface area contributed by atoms with Crippen LogP contribution in [-0.2, 0) is 23.0 Å². The van der Waals surface area contributed by atoms with Gasteiger partial charge in [-0.05, 0) is 0 Å². The summed E-state index contributed by atoms with van der Waals surface area (Å²) >= 11 is 0. The first-order valence-electron chi connectivity index (χ1n) is 3.15. The third-order valence-electron chi connectivity index (χ3n) is 0.873. The van der Waals surface area contributed by atoms with Gasteiger partial charge in [-0.2, -0.15) is 0 Å². The number of carbonyl (C=O) groups is 1. The number of aliphatic hydroxyl groups is 1. The van der Waals surface area contributed by atoms with E-state index in [2.05, 4.69) is 9.05 Å². The summed E-state index contributed by atoms with van der Waals surface area (Å²) < 4.78 is 26.8. The Hall–Kier alpha value is -0.310. The minimum Gasteiger partial charge on any atom is -0.756 e. The lowest BCUT2D eigenvalue weighted by Gasteiger charge is -2.20. The van der Waals surface area contributed by atoms with Crippen molar-refractivity contribution < 1.29 is 47.7 Å². The molecule has 0 saturated carbocycles. The Morgan fingerprint density at radius 3 is 2.07 bits per heavy atom. The molecule has 3 N–H and O–H groups in total. The van der Waals surface area contributed by atoms with Crippen molar-refractivity contribution in [2.45, 2.75) is 6.10 Å². The van der Waals surface area contributed by atoms with Crippen LogP contribution >= 0.6 is 15.6 Å². The van der Waals surface area contributed by atoms with Gasteiger partial charge in [0.2, 0.25) is 0 Å². The van der Waals surface area contributed by atoms with Gasteiger partial charge in [-0.25, -0.2) is 4.79 Å². The number of hydrogen-bond donors (Lipinski definition) is 3. The molecule has 0 aromatic rings. The number of hydrogen-bond acceptors (Lipinski definition) is 8. The van der Waals surface area contributed by atoms with Gasteiger partial charge in [-0.15, -0.1) is 0 Å². The highest BCUT2D eigenvalue weighted by molar-refractivity contribution is 7.45. The maximum absolute atomic E-state index is 10.5. The molecule has 0 aromatic heterocycles. The molecule has 0 aliphatic rings. The van der Waals surface area contributed by atoms with Crippen LogP contribution in [0.4, 0.5) is 0 Å². The Balaban J connectivity index is 4.12. The molecule has 0 saturated heterocycles. The monoisotopic (exact) mass is 264 g/mol. The summed E-state index contributed by atoms with van der Waals surface area (Å²) in [5.74, 6) is -1.84. The molecule has 0 aliphatic carbocycles. The lowest BCUT2D eigenvalue weighted by atomic mass is 10.4. The summed E-state index contributed by atoms with van der Waals surface area (Å²) in [4.78, 5) is 46.5. The smallest absolute Gasteiger partial charge is 0.343 e. The molecule has 0 aromatic carbocycles. The van der Waals surface area contributed by atoms with E-state index in [0.29, 0.717) is 0 Å². The van der Waals surface area contributed by atoms with Gasteiger partial charge in [-0.3, -0.25) is 9.13 Å². The van der Waals surface area contributed by atoms with Crippen molar-refractivity contribution in [3.05, 3.63) is 0 Å². The molecule has 0 fully saturated rings. The van der Waals surface area contributed by atoms with E-state index in [1.165, 1.54) is 0 Å². The van der Waals surface area contributed by atoms with Crippen LogP contribution in [-0.4, -0.2) is 33.6 Å². The predicted molar refractivity (Wildman–Crippen MR) is 37.7 cm³/mol. The molecule has 0 heterocycles. The molecule has 0 amide bonds. The standard InChI is InChI=1S/C3H8O10P2/c4-2(1-12-14(6,7)8)3(5)13-15(9,10)11/h2,4H,1H2,(H2,6,7,8)(H2,9,10,11)/p-2/t2-/m1/s1. The largest absolute Gasteiger partial charge is 0.756 e. The Kier molecular flexibility index (Phi) is 5.04. The van der Waals surface area contributed by atoms with E-state index in [0.717, 1.165) is 0 Å². The van der Waals surface area contributed by atoms with E-state index in [4.69, 9.17) is 14.9 Å². The van der Waals surface area contributed by atoms with Gasteiger partial charge in [0, 0.05) is 0 Å². The molecule has 10 nitrogen and oxygen atoms in total. The summed E-state index contributed by atoms with van der Waals surface area (Å²) in [5, 5.41) is 8.70. The Labute approximate surface area is 82.9 Å². The molecule has 2 unspecified atom stereocenters. The minimum absolute atomic E-state index is 1.24. The van der Waals surface area contributed by atoms with E-state index in [-0.39, 0.29) is 0 Å². The number of rotatable bonds is 5. The summed E-state index contributed by atoms with van der Waals surface area (Å²) in [6, 6.07) is 0. The molecule has 0 radical (unpaired) electrons. The molecule has 90 valence electrons. The minimum atomic E-state index is -5.36. The normalized spacial score (nSPS) is 21.1. The van der Waals surface area contributed by atoms with Gasteiger partial charge in [-0.1, -0.05) is 0 Å². The van der Waals surface area contributed by atoms with Crippen LogP contribution in [0.2, 0.25) is 0 Å². The number of aliphatic hydroxyl groups excluding tert-OH is 1. The fourth-order valence-electron chi connectivity index (χ4n) is 0.407. The first-order chi connectivity index (χ1) is 6.51. The van der Waals surface area contributed by atoms with Gasteiger partial charge in [0.25, 0.3) is 7.82 Å². The van der Waals surface area contributed by atoms with E-state index in [1.807, 2.05) is 0 Å². The average molecular weight is 264 g/mol. The van der Waals surface area contributed by atoms with Crippen LogP contribution in [0.15, 0.2) is 0 Å². The summed E-state index contributed by atoms with van der Waals surface area (Å²) in [6.45, 7) is -1.24. The third kappa shape index (κ3) is 8.67. The maximum Gasteiger partial charge on any atom is 0.343 e. The first-order valence-corrected chi connectivity index (χ1v) is 6.14. The van der Waals surface area contributed by atoms with Crippen LogP contribution in [0.5, 0.6) is 0 Å². The SMILES string of the molecule is O=C(OP(=O)([O-])O)[C@H](O)COP(=O)([O-])O. The van der Waals surface area contributed by atoms with Gasteiger partial charge >= 0.3 is 13.8 Å². The quantitative estimate of drug-likeness (QED) is 0.429. The van der Waals surface area contributed by atoms with Gasteiger partial charge in [0.15, 0.2) is 6.10 Å². The zero-order valence-electron chi connectivity index (χ0n) is 6.88. The van der Waals surface area contributed by atoms with Crippen molar-refractivity contribution in [2.75, 3.05) is 6.61 Å².